The summed E-state index contributed by atoms with van der Waals surface area (Å²) in [5, 5.41) is 9.73. The molecule has 1 N–H and O–H groups in total. The first-order valence-corrected chi connectivity index (χ1v) is 6.33. The summed E-state index contributed by atoms with van der Waals surface area (Å²) in [6.45, 7) is 4.38. The van der Waals surface area contributed by atoms with Crippen molar-refractivity contribution in [2.45, 2.75) is 37.6 Å². The van der Waals surface area contributed by atoms with E-state index in [1.807, 2.05) is 37.2 Å². The molecule has 18 heavy (non-hydrogen) atoms. The molecule has 2 rings (SSSR count). The molecule has 0 aliphatic heterocycles. The molecule has 0 aromatic heterocycles. The average Bonchev–Trinajstić information content (AvgIpc) is 2.28. The third-order valence-electron chi connectivity index (χ3n) is 4.33. The minimum Gasteiger partial charge on any atom is -0.480 e. The highest BCUT2D eigenvalue weighted by Gasteiger charge is 2.49. The Kier molecular flexibility index (Phi) is 2.98. The molecule has 1 aliphatic rings. The van der Waals surface area contributed by atoms with Crippen molar-refractivity contribution in [3.63, 3.8) is 0 Å². The van der Waals surface area contributed by atoms with Gasteiger partial charge in [0.25, 0.3) is 0 Å². The Bertz CT molecular complexity index is 479. The van der Waals surface area contributed by atoms with Gasteiger partial charge in [-0.25, -0.2) is 4.79 Å². The number of fused-ring (bicyclic) bond motifs is 1. The van der Waals surface area contributed by atoms with Crippen molar-refractivity contribution >= 4 is 5.97 Å². The van der Waals surface area contributed by atoms with Crippen LogP contribution in [-0.2, 0) is 15.7 Å². The Morgan fingerprint density at radius 2 is 1.72 bits per heavy atom. The van der Waals surface area contributed by atoms with Gasteiger partial charge in [0, 0.05) is 0 Å². The van der Waals surface area contributed by atoms with Crippen molar-refractivity contribution in [3.05, 3.63) is 35.4 Å². The summed E-state index contributed by atoms with van der Waals surface area (Å²) in [5.74, 6) is -0.754. The molecule has 0 saturated heterocycles. The maximum Gasteiger partial charge on any atom is 0.328 e. The molecule has 0 radical (unpaired) electrons. The van der Waals surface area contributed by atoms with Crippen LogP contribution in [0.1, 0.15) is 37.8 Å². The van der Waals surface area contributed by atoms with Gasteiger partial charge in [-0.3, -0.25) is 4.90 Å². The molecule has 1 aliphatic carbocycles. The zero-order valence-corrected chi connectivity index (χ0v) is 11.5. The maximum atomic E-state index is 11.8. The minimum atomic E-state index is -0.883. The summed E-state index contributed by atoms with van der Waals surface area (Å²) in [5.41, 5.74) is 1.27. The van der Waals surface area contributed by atoms with E-state index in [-0.39, 0.29) is 5.41 Å². The Morgan fingerprint density at radius 1 is 1.17 bits per heavy atom. The van der Waals surface area contributed by atoms with Crippen LogP contribution in [-0.4, -0.2) is 30.1 Å². The van der Waals surface area contributed by atoms with Gasteiger partial charge in [-0.1, -0.05) is 38.1 Å². The Morgan fingerprint density at radius 3 is 2.22 bits per heavy atom. The van der Waals surface area contributed by atoms with E-state index >= 15 is 0 Å². The van der Waals surface area contributed by atoms with Crippen LogP contribution in [0, 0.1) is 0 Å². The Labute approximate surface area is 108 Å². The first-order valence-electron chi connectivity index (χ1n) is 6.33. The molecule has 98 valence electrons. The molecule has 0 bridgehead atoms. The molecule has 3 nitrogen and oxygen atoms in total. The van der Waals surface area contributed by atoms with Gasteiger partial charge in [0.1, 0.15) is 5.54 Å². The van der Waals surface area contributed by atoms with Crippen LogP contribution in [0.25, 0.3) is 0 Å². The smallest absolute Gasteiger partial charge is 0.328 e. The molecule has 0 amide bonds. The van der Waals surface area contributed by atoms with Crippen LogP contribution in [0.2, 0.25) is 0 Å². The SMILES string of the molecule is CN(C)C1(C(=O)O)CCC(C)(C)c2ccccc21. The summed E-state index contributed by atoms with van der Waals surface area (Å²) in [4.78, 5) is 13.7. The lowest BCUT2D eigenvalue weighted by molar-refractivity contribution is -0.152. The maximum absolute atomic E-state index is 11.8. The summed E-state index contributed by atoms with van der Waals surface area (Å²) in [6, 6.07) is 7.95. The summed E-state index contributed by atoms with van der Waals surface area (Å²) >= 11 is 0. The van der Waals surface area contributed by atoms with E-state index in [2.05, 4.69) is 19.9 Å². The lowest BCUT2D eigenvalue weighted by Crippen LogP contribution is -2.52. The Balaban J connectivity index is 2.71. The number of hydrogen-bond donors (Lipinski definition) is 1. The molecule has 0 saturated carbocycles. The quantitative estimate of drug-likeness (QED) is 0.873. The van der Waals surface area contributed by atoms with Crippen molar-refractivity contribution in [1.29, 1.82) is 0 Å². The highest BCUT2D eigenvalue weighted by atomic mass is 16.4. The first kappa shape index (κ1) is 13.1. The first-order chi connectivity index (χ1) is 8.32. The molecule has 1 aromatic carbocycles. The summed E-state index contributed by atoms with van der Waals surface area (Å²) < 4.78 is 0. The van der Waals surface area contributed by atoms with E-state index in [0.29, 0.717) is 6.42 Å². The zero-order valence-electron chi connectivity index (χ0n) is 11.5. The topological polar surface area (TPSA) is 40.5 Å². The molecule has 3 heteroatoms. The van der Waals surface area contributed by atoms with Crippen LogP contribution in [0.3, 0.4) is 0 Å². The number of carbonyl (C=O) groups is 1. The Hall–Kier alpha value is -1.35. The minimum absolute atomic E-state index is 0.0472. The fraction of sp³-hybridized carbons (Fsp3) is 0.533. The third kappa shape index (κ3) is 1.65. The predicted octanol–water partition coefficient (Wildman–Crippen LogP) is 2.60. The van der Waals surface area contributed by atoms with E-state index in [1.54, 1.807) is 0 Å². The highest BCUT2D eigenvalue weighted by molar-refractivity contribution is 5.82. The van der Waals surface area contributed by atoms with Crippen molar-refractivity contribution in [2.75, 3.05) is 14.1 Å². The lowest BCUT2D eigenvalue weighted by atomic mass is 9.65. The number of benzene rings is 1. The second kappa shape index (κ2) is 4.09. The van der Waals surface area contributed by atoms with E-state index in [9.17, 15) is 9.90 Å². The van der Waals surface area contributed by atoms with E-state index < -0.39 is 11.5 Å². The van der Waals surface area contributed by atoms with Gasteiger partial charge in [-0.15, -0.1) is 0 Å². The van der Waals surface area contributed by atoms with Crippen LogP contribution >= 0.6 is 0 Å². The average molecular weight is 247 g/mol. The van der Waals surface area contributed by atoms with Crippen molar-refractivity contribution in [1.82, 2.24) is 4.90 Å². The number of carboxylic acids is 1. The predicted molar refractivity (Wildman–Crippen MR) is 71.7 cm³/mol. The van der Waals surface area contributed by atoms with Gasteiger partial charge in [0.05, 0.1) is 0 Å². The van der Waals surface area contributed by atoms with Crippen LogP contribution in [0.5, 0.6) is 0 Å². The molecule has 1 unspecified atom stereocenters. The lowest BCUT2D eigenvalue weighted by Gasteiger charge is -2.46. The molecule has 0 spiro atoms. The van der Waals surface area contributed by atoms with Gasteiger partial charge in [-0.2, -0.15) is 0 Å². The number of hydrogen-bond acceptors (Lipinski definition) is 2. The summed E-state index contributed by atoms with van der Waals surface area (Å²) in [7, 11) is 3.70. The van der Waals surface area contributed by atoms with Crippen molar-refractivity contribution in [3.8, 4) is 0 Å². The number of aliphatic carboxylic acids is 1. The zero-order chi connectivity index (χ0) is 13.6. The van der Waals surface area contributed by atoms with Gasteiger partial charge in [-0.05, 0) is 43.5 Å². The third-order valence-corrected chi connectivity index (χ3v) is 4.33. The van der Waals surface area contributed by atoms with Gasteiger partial charge in [0.15, 0.2) is 0 Å². The van der Waals surface area contributed by atoms with Crippen LogP contribution < -0.4 is 0 Å². The van der Waals surface area contributed by atoms with E-state index in [1.165, 1.54) is 0 Å². The number of carboxylic acid groups (broad SMARTS) is 1. The fourth-order valence-corrected chi connectivity index (χ4v) is 3.07. The molecule has 1 aromatic rings. The molecule has 0 fully saturated rings. The van der Waals surface area contributed by atoms with Crippen LogP contribution in [0.4, 0.5) is 0 Å². The molecule has 0 heterocycles. The van der Waals surface area contributed by atoms with Crippen LogP contribution in [0.15, 0.2) is 24.3 Å². The normalized spacial score (nSPS) is 25.8. The fourth-order valence-electron chi connectivity index (χ4n) is 3.07. The number of nitrogens with zero attached hydrogens (tertiary/aromatic N) is 1. The van der Waals surface area contributed by atoms with E-state index in [0.717, 1.165) is 17.5 Å². The highest BCUT2D eigenvalue weighted by Crippen LogP contribution is 2.46. The largest absolute Gasteiger partial charge is 0.480 e. The van der Waals surface area contributed by atoms with Gasteiger partial charge < -0.3 is 5.11 Å². The molecule has 1 atom stereocenters. The molecular formula is C15H21NO2. The summed E-state index contributed by atoms with van der Waals surface area (Å²) in [6.07, 6.45) is 1.54. The standard InChI is InChI=1S/C15H21NO2/c1-14(2)9-10-15(13(17)18,16(3)4)12-8-6-5-7-11(12)14/h5-8H,9-10H2,1-4H3,(H,17,18). The number of likely N-dealkylation sites (N-methyl/N-ethyl adjacent to an activating group) is 1. The second-order valence-electron chi connectivity index (χ2n) is 5.99. The monoisotopic (exact) mass is 247 g/mol. The van der Waals surface area contributed by atoms with E-state index in [4.69, 9.17) is 0 Å². The molecular weight excluding hydrogens is 226 g/mol. The van der Waals surface area contributed by atoms with Crippen molar-refractivity contribution < 1.29 is 9.90 Å². The number of rotatable bonds is 2. The van der Waals surface area contributed by atoms with Gasteiger partial charge >= 0.3 is 5.97 Å². The van der Waals surface area contributed by atoms with Crippen molar-refractivity contribution in [2.24, 2.45) is 0 Å². The second-order valence-corrected chi connectivity index (χ2v) is 5.99. The van der Waals surface area contributed by atoms with Gasteiger partial charge in [0.2, 0.25) is 0 Å².